The van der Waals surface area contributed by atoms with E-state index in [9.17, 15) is 13.2 Å². The summed E-state index contributed by atoms with van der Waals surface area (Å²) in [5.74, 6) is -0.0629. The van der Waals surface area contributed by atoms with Crippen molar-refractivity contribution in [3.63, 3.8) is 0 Å². The van der Waals surface area contributed by atoms with Gasteiger partial charge in [0, 0.05) is 12.6 Å². The van der Waals surface area contributed by atoms with E-state index in [-0.39, 0.29) is 28.2 Å². The van der Waals surface area contributed by atoms with Gasteiger partial charge in [-0.2, -0.15) is 5.10 Å². The molecule has 0 radical (unpaired) electrons. The van der Waals surface area contributed by atoms with E-state index in [1.807, 2.05) is 13.8 Å². The van der Waals surface area contributed by atoms with Crippen molar-refractivity contribution in [2.45, 2.75) is 44.6 Å². The van der Waals surface area contributed by atoms with Gasteiger partial charge < -0.3 is 4.90 Å². The van der Waals surface area contributed by atoms with Crippen LogP contribution in [0.5, 0.6) is 0 Å². The second-order valence-corrected chi connectivity index (χ2v) is 7.15. The monoisotopic (exact) mass is 300 g/mol. The molecule has 0 bridgehead atoms. The highest BCUT2D eigenvalue weighted by Crippen LogP contribution is 2.30. The number of aryl methyl sites for hydroxylation is 1. The van der Waals surface area contributed by atoms with Crippen molar-refractivity contribution in [1.82, 2.24) is 15.1 Å². The molecule has 1 aliphatic rings. The van der Waals surface area contributed by atoms with Gasteiger partial charge in [0.05, 0.1) is 5.69 Å². The van der Waals surface area contributed by atoms with Crippen LogP contribution in [0.4, 0.5) is 0 Å². The van der Waals surface area contributed by atoms with Crippen LogP contribution in [-0.2, 0) is 10.0 Å². The second-order valence-electron chi connectivity index (χ2n) is 5.65. The molecular formula is C12H20N4O3S. The Morgan fingerprint density at radius 3 is 2.55 bits per heavy atom. The summed E-state index contributed by atoms with van der Waals surface area (Å²) >= 11 is 0. The molecular weight excluding hydrogens is 280 g/mol. The molecule has 1 aliphatic carbocycles. The van der Waals surface area contributed by atoms with Crippen molar-refractivity contribution in [3.8, 4) is 0 Å². The van der Waals surface area contributed by atoms with Gasteiger partial charge in [-0.15, -0.1) is 0 Å². The Morgan fingerprint density at radius 2 is 2.10 bits per heavy atom. The maximum Gasteiger partial charge on any atom is 0.276 e. The fraction of sp³-hybridized carbons (Fsp3) is 0.667. The maximum absolute atomic E-state index is 12.6. The van der Waals surface area contributed by atoms with Crippen LogP contribution in [0.15, 0.2) is 4.90 Å². The number of carbonyl (C=O) groups is 1. The summed E-state index contributed by atoms with van der Waals surface area (Å²) < 4.78 is 23.2. The summed E-state index contributed by atoms with van der Waals surface area (Å²) in [5.41, 5.74) is 0.189. The van der Waals surface area contributed by atoms with E-state index >= 15 is 0 Å². The van der Waals surface area contributed by atoms with Gasteiger partial charge >= 0.3 is 0 Å². The molecule has 1 fully saturated rings. The third kappa shape index (κ3) is 3.01. The number of sulfonamides is 1. The van der Waals surface area contributed by atoms with E-state index in [2.05, 4.69) is 10.2 Å². The summed E-state index contributed by atoms with van der Waals surface area (Å²) in [5, 5.41) is 11.6. The molecule has 1 saturated carbocycles. The van der Waals surface area contributed by atoms with Gasteiger partial charge in [0.25, 0.3) is 5.91 Å². The predicted molar refractivity (Wildman–Crippen MR) is 73.6 cm³/mol. The second kappa shape index (κ2) is 5.17. The lowest BCUT2D eigenvalue weighted by Gasteiger charge is -2.23. The Morgan fingerprint density at radius 1 is 1.50 bits per heavy atom. The quantitative estimate of drug-likeness (QED) is 0.831. The van der Waals surface area contributed by atoms with Gasteiger partial charge in [-0.3, -0.25) is 9.89 Å². The largest absolute Gasteiger partial charge is 0.334 e. The van der Waals surface area contributed by atoms with Crippen molar-refractivity contribution >= 4 is 15.9 Å². The third-order valence-corrected chi connectivity index (χ3v) is 4.26. The van der Waals surface area contributed by atoms with Crippen molar-refractivity contribution in [3.05, 3.63) is 11.4 Å². The van der Waals surface area contributed by atoms with E-state index in [1.54, 1.807) is 4.90 Å². The summed E-state index contributed by atoms with van der Waals surface area (Å²) in [6.45, 7) is 6.14. The number of hydrogen-bond acceptors (Lipinski definition) is 4. The zero-order valence-corrected chi connectivity index (χ0v) is 12.7. The molecule has 3 N–H and O–H groups in total. The SMILES string of the molecule is Cc1[nH]nc(C(=O)N(CC(C)C)C2CC2)c1S(N)(=O)=O. The van der Waals surface area contributed by atoms with Crippen LogP contribution in [-0.4, -0.2) is 42.0 Å². The third-order valence-electron chi connectivity index (χ3n) is 3.19. The minimum Gasteiger partial charge on any atom is -0.334 e. The fourth-order valence-electron chi connectivity index (χ4n) is 2.23. The van der Waals surface area contributed by atoms with Crippen molar-refractivity contribution in [2.75, 3.05) is 6.54 Å². The summed E-state index contributed by atoms with van der Waals surface area (Å²) in [6.07, 6.45) is 1.90. The van der Waals surface area contributed by atoms with Gasteiger partial charge in [0.1, 0.15) is 4.90 Å². The number of H-pyrrole nitrogens is 1. The molecule has 0 aliphatic heterocycles. The molecule has 0 atom stereocenters. The first-order valence-electron chi connectivity index (χ1n) is 6.60. The van der Waals surface area contributed by atoms with E-state index in [1.165, 1.54) is 6.92 Å². The topological polar surface area (TPSA) is 109 Å². The lowest BCUT2D eigenvalue weighted by atomic mass is 10.2. The van der Waals surface area contributed by atoms with Crippen LogP contribution < -0.4 is 5.14 Å². The van der Waals surface area contributed by atoms with Gasteiger partial charge in [0.2, 0.25) is 10.0 Å². The molecule has 0 spiro atoms. The smallest absolute Gasteiger partial charge is 0.276 e. The number of hydrogen-bond donors (Lipinski definition) is 2. The predicted octanol–water partition coefficient (Wildman–Crippen LogP) is 0.626. The zero-order chi connectivity index (χ0) is 15.1. The Balaban J connectivity index is 2.37. The molecule has 8 heteroatoms. The highest BCUT2D eigenvalue weighted by Gasteiger charge is 2.37. The number of amides is 1. The molecule has 20 heavy (non-hydrogen) atoms. The summed E-state index contributed by atoms with van der Waals surface area (Å²) in [4.78, 5) is 14.1. The van der Waals surface area contributed by atoms with Gasteiger partial charge in [-0.05, 0) is 25.7 Å². The van der Waals surface area contributed by atoms with Crippen molar-refractivity contribution in [2.24, 2.45) is 11.1 Å². The van der Waals surface area contributed by atoms with Gasteiger partial charge in [0.15, 0.2) is 5.69 Å². The van der Waals surface area contributed by atoms with Crippen LogP contribution in [0.3, 0.4) is 0 Å². The number of nitrogens with zero attached hydrogens (tertiary/aromatic N) is 2. The Kier molecular flexibility index (Phi) is 3.88. The standard InChI is InChI=1S/C12H20N4O3S/c1-7(2)6-16(9-4-5-9)12(17)10-11(20(13,18)19)8(3)14-15-10/h7,9H,4-6H2,1-3H3,(H,14,15)(H2,13,18,19). The first-order valence-corrected chi connectivity index (χ1v) is 8.15. The van der Waals surface area contributed by atoms with Crippen LogP contribution in [0.1, 0.15) is 42.9 Å². The van der Waals surface area contributed by atoms with Crippen LogP contribution in [0, 0.1) is 12.8 Å². The highest BCUT2D eigenvalue weighted by atomic mass is 32.2. The minimum atomic E-state index is -3.97. The molecule has 2 rings (SSSR count). The lowest BCUT2D eigenvalue weighted by Crippen LogP contribution is -2.37. The molecule has 1 heterocycles. The summed E-state index contributed by atoms with van der Waals surface area (Å²) in [7, 11) is -3.97. The Labute approximate surface area is 118 Å². The number of rotatable bonds is 5. The van der Waals surface area contributed by atoms with Gasteiger partial charge in [-0.1, -0.05) is 13.8 Å². The fourth-order valence-corrected chi connectivity index (χ4v) is 3.10. The zero-order valence-electron chi connectivity index (χ0n) is 11.9. The number of carbonyl (C=O) groups excluding carboxylic acids is 1. The van der Waals surface area contributed by atoms with Crippen molar-refractivity contribution < 1.29 is 13.2 Å². The van der Waals surface area contributed by atoms with Gasteiger partial charge in [-0.25, -0.2) is 13.6 Å². The van der Waals surface area contributed by atoms with E-state index in [0.29, 0.717) is 12.5 Å². The number of aromatic amines is 1. The number of aromatic nitrogens is 2. The highest BCUT2D eigenvalue weighted by molar-refractivity contribution is 7.89. The van der Waals surface area contributed by atoms with E-state index in [0.717, 1.165) is 12.8 Å². The molecule has 1 amide bonds. The summed E-state index contributed by atoms with van der Waals surface area (Å²) in [6, 6.07) is 0.190. The lowest BCUT2D eigenvalue weighted by molar-refractivity contribution is 0.0712. The van der Waals surface area contributed by atoms with Crippen molar-refractivity contribution in [1.29, 1.82) is 0 Å². The molecule has 7 nitrogen and oxygen atoms in total. The molecule has 1 aromatic rings. The molecule has 0 saturated heterocycles. The average Bonchev–Trinajstić information content (AvgIpc) is 3.06. The first-order chi connectivity index (χ1) is 9.21. The molecule has 1 aromatic heterocycles. The molecule has 0 unspecified atom stereocenters. The van der Waals surface area contributed by atoms with Crippen LogP contribution in [0.25, 0.3) is 0 Å². The average molecular weight is 300 g/mol. The van der Waals surface area contributed by atoms with E-state index in [4.69, 9.17) is 5.14 Å². The Bertz CT molecular complexity index is 617. The molecule has 0 aromatic carbocycles. The maximum atomic E-state index is 12.6. The van der Waals surface area contributed by atoms with Crippen LogP contribution >= 0.6 is 0 Å². The van der Waals surface area contributed by atoms with Crippen LogP contribution in [0.2, 0.25) is 0 Å². The normalized spacial score (nSPS) is 15.7. The first kappa shape index (κ1) is 15.0. The van der Waals surface area contributed by atoms with E-state index < -0.39 is 10.0 Å². The minimum absolute atomic E-state index is 0.0995. The number of primary sulfonamides is 1. The number of nitrogens with two attached hydrogens (primary N) is 1. The number of nitrogens with one attached hydrogen (secondary N) is 1. The molecule has 112 valence electrons. The Hall–Kier alpha value is -1.41.